The molecular formula is C16H20N2O. The fraction of sp³-hybridized carbons (Fsp3) is 0.312. The lowest BCUT2D eigenvalue weighted by molar-refractivity contribution is 0.102. The van der Waals surface area contributed by atoms with Gasteiger partial charge in [-0.25, -0.2) is 0 Å². The third-order valence-corrected chi connectivity index (χ3v) is 3.78. The normalized spacial score (nSPS) is 10.6. The van der Waals surface area contributed by atoms with E-state index in [-0.39, 0.29) is 5.91 Å². The van der Waals surface area contributed by atoms with E-state index in [1.807, 2.05) is 56.7 Å². The first-order valence-corrected chi connectivity index (χ1v) is 6.41. The molecule has 0 aliphatic heterocycles. The summed E-state index contributed by atoms with van der Waals surface area (Å²) in [7, 11) is 1.97. The number of hydrogen-bond acceptors (Lipinski definition) is 1. The zero-order valence-electron chi connectivity index (χ0n) is 12.2. The van der Waals surface area contributed by atoms with Gasteiger partial charge in [-0.1, -0.05) is 6.07 Å². The minimum atomic E-state index is -0.0514. The molecule has 3 heteroatoms. The first-order chi connectivity index (χ1) is 8.90. The molecule has 3 nitrogen and oxygen atoms in total. The zero-order valence-corrected chi connectivity index (χ0v) is 12.2. The van der Waals surface area contributed by atoms with Gasteiger partial charge in [0.15, 0.2) is 0 Å². The fourth-order valence-electron chi connectivity index (χ4n) is 2.10. The van der Waals surface area contributed by atoms with E-state index in [0.29, 0.717) is 0 Å². The van der Waals surface area contributed by atoms with E-state index in [2.05, 4.69) is 12.2 Å². The van der Waals surface area contributed by atoms with Crippen LogP contribution < -0.4 is 5.32 Å². The Labute approximate surface area is 114 Å². The lowest BCUT2D eigenvalue weighted by Crippen LogP contribution is -2.13. The number of nitrogens with one attached hydrogen (secondary N) is 1. The molecule has 0 aliphatic carbocycles. The Morgan fingerprint density at radius 3 is 2.26 bits per heavy atom. The number of rotatable bonds is 2. The van der Waals surface area contributed by atoms with Gasteiger partial charge in [0.25, 0.3) is 5.91 Å². The number of amides is 1. The Morgan fingerprint density at radius 1 is 1.05 bits per heavy atom. The first kappa shape index (κ1) is 13.4. The molecule has 0 unspecified atom stereocenters. The second-order valence-corrected chi connectivity index (χ2v) is 5.10. The highest BCUT2D eigenvalue weighted by Crippen LogP contribution is 2.18. The van der Waals surface area contributed by atoms with Crippen LogP contribution >= 0.6 is 0 Å². The van der Waals surface area contributed by atoms with Gasteiger partial charge < -0.3 is 9.88 Å². The van der Waals surface area contributed by atoms with Gasteiger partial charge in [0.05, 0.1) is 5.56 Å². The fourth-order valence-corrected chi connectivity index (χ4v) is 2.10. The summed E-state index contributed by atoms with van der Waals surface area (Å²) in [5.74, 6) is -0.0514. The molecule has 0 aliphatic rings. The van der Waals surface area contributed by atoms with Crippen molar-refractivity contribution >= 4 is 11.6 Å². The highest BCUT2D eigenvalue weighted by atomic mass is 16.1. The summed E-state index contributed by atoms with van der Waals surface area (Å²) in [6.07, 6.45) is 0. The SMILES string of the molecule is Cc1ccc(NC(=O)c2cc(C)n(C)c2C)cc1C. The van der Waals surface area contributed by atoms with Crippen molar-refractivity contribution in [2.45, 2.75) is 27.7 Å². The molecular weight excluding hydrogens is 236 g/mol. The molecule has 19 heavy (non-hydrogen) atoms. The van der Waals surface area contributed by atoms with Crippen molar-refractivity contribution in [1.29, 1.82) is 0 Å². The average Bonchev–Trinajstić information content (AvgIpc) is 2.62. The minimum absolute atomic E-state index is 0.0514. The maximum atomic E-state index is 12.3. The monoisotopic (exact) mass is 256 g/mol. The second-order valence-electron chi connectivity index (χ2n) is 5.10. The van der Waals surface area contributed by atoms with Crippen LogP contribution in [0.1, 0.15) is 32.9 Å². The standard InChI is InChI=1S/C16H20N2O/c1-10-6-7-14(8-11(10)2)17-16(19)15-9-12(3)18(5)13(15)4/h6-9H,1-5H3,(H,17,19). The first-order valence-electron chi connectivity index (χ1n) is 6.41. The molecule has 1 aromatic heterocycles. The molecule has 0 bridgehead atoms. The molecule has 0 radical (unpaired) electrons. The maximum absolute atomic E-state index is 12.3. The molecule has 0 spiro atoms. The van der Waals surface area contributed by atoms with E-state index in [1.54, 1.807) is 0 Å². The lowest BCUT2D eigenvalue weighted by Gasteiger charge is -2.08. The van der Waals surface area contributed by atoms with Crippen molar-refractivity contribution in [1.82, 2.24) is 4.57 Å². The van der Waals surface area contributed by atoms with Crippen LogP contribution in [0.25, 0.3) is 0 Å². The molecule has 1 aromatic carbocycles. The molecule has 1 N–H and O–H groups in total. The molecule has 2 aromatic rings. The van der Waals surface area contributed by atoms with E-state index in [0.717, 1.165) is 22.6 Å². The predicted molar refractivity (Wildman–Crippen MR) is 78.8 cm³/mol. The highest BCUT2D eigenvalue weighted by Gasteiger charge is 2.14. The van der Waals surface area contributed by atoms with Gasteiger partial charge in [0.2, 0.25) is 0 Å². The lowest BCUT2D eigenvalue weighted by atomic mass is 10.1. The minimum Gasteiger partial charge on any atom is -0.351 e. The van der Waals surface area contributed by atoms with Gasteiger partial charge in [-0.05, 0) is 57.0 Å². The summed E-state index contributed by atoms with van der Waals surface area (Å²) in [4.78, 5) is 12.3. The topological polar surface area (TPSA) is 34.0 Å². The van der Waals surface area contributed by atoms with Crippen LogP contribution in [0.3, 0.4) is 0 Å². The van der Waals surface area contributed by atoms with Crippen molar-refractivity contribution in [3.8, 4) is 0 Å². The number of aromatic nitrogens is 1. The van der Waals surface area contributed by atoms with Crippen LogP contribution in [0.15, 0.2) is 24.3 Å². The highest BCUT2D eigenvalue weighted by molar-refractivity contribution is 6.05. The molecule has 0 fully saturated rings. The van der Waals surface area contributed by atoms with Gasteiger partial charge in [-0.2, -0.15) is 0 Å². The molecule has 0 saturated heterocycles. The van der Waals surface area contributed by atoms with Crippen LogP contribution in [-0.2, 0) is 7.05 Å². The Hall–Kier alpha value is -2.03. The summed E-state index contributed by atoms with van der Waals surface area (Å²) >= 11 is 0. The third-order valence-electron chi connectivity index (χ3n) is 3.78. The Balaban J connectivity index is 2.25. The second kappa shape index (κ2) is 4.92. The van der Waals surface area contributed by atoms with Crippen molar-refractivity contribution in [2.24, 2.45) is 7.05 Å². The van der Waals surface area contributed by atoms with Crippen LogP contribution in [0, 0.1) is 27.7 Å². The Morgan fingerprint density at radius 2 is 1.74 bits per heavy atom. The van der Waals surface area contributed by atoms with E-state index >= 15 is 0 Å². The molecule has 100 valence electrons. The van der Waals surface area contributed by atoms with Crippen LogP contribution in [0.5, 0.6) is 0 Å². The predicted octanol–water partition coefficient (Wildman–Crippen LogP) is 3.51. The van der Waals surface area contributed by atoms with E-state index in [1.165, 1.54) is 11.1 Å². The van der Waals surface area contributed by atoms with Crippen LogP contribution in [-0.4, -0.2) is 10.5 Å². The van der Waals surface area contributed by atoms with Crippen molar-refractivity contribution in [3.05, 3.63) is 52.3 Å². The number of carbonyl (C=O) groups excluding carboxylic acids is 1. The Bertz CT molecular complexity index is 638. The van der Waals surface area contributed by atoms with Gasteiger partial charge in [0.1, 0.15) is 0 Å². The molecule has 1 heterocycles. The molecule has 1 amide bonds. The van der Waals surface area contributed by atoms with Crippen LogP contribution in [0.4, 0.5) is 5.69 Å². The van der Waals surface area contributed by atoms with Gasteiger partial charge >= 0.3 is 0 Å². The van der Waals surface area contributed by atoms with Gasteiger partial charge in [-0.3, -0.25) is 4.79 Å². The zero-order chi connectivity index (χ0) is 14.2. The largest absolute Gasteiger partial charge is 0.351 e. The number of anilines is 1. The molecule has 0 atom stereocenters. The number of carbonyl (C=O) groups is 1. The maximum Gasteiger partial charge on any atom is 0.257 e. The molecule has 2 rings (SSSR count). The van der Waals surface area contributed by atoms with E-state index < -0.39 is 0 Å². The van der Waals surface area contributed by atoms with Crippen molar-refractivity contribution in [3.63, 3.8) is 0 Å². The number of hydrogen-bond donors (Lipinski definition) is 1. The van der Waals surface area contributed by atoms with Crippen LogP contribution in [0.2, 0.25) is 0 Å². The van der Waals surface area contributed by atoms with Gasteiger partial charge in [0, 0.05) is 24.1 Å². The smallest absolute Gasteiger partial charge is 0.257 e. The van der Waals surface area contributed by atoms with E-state index in [9.17, 15) is 4.79 Å². The van der Waals surface area contributed by atoms with Gasteiger partial charge in [-0.15, -0.1) is 0 Å². The number of nitrogens with zero attached hydrogens (tertiary/aromatic N) is 1. The van der Waals surface area contributed by atoms with E-state index in [4.69, 9.17) is 0 Å². The summed E-state index contributed by atoms with van der Waals surface area (Å²) in [6, 6.07) is 7.88. The Kier molecular flexibility index (Phi) is 3.47. The van der Waals surface area contributed by atoms with Crippen molar-refractivity contribution < 1.29 is 4.79 Å². The molecule has 0 saturated carbocycles. The third kappa shape index (κ3) is 2.55. The summed E-state index contributed by atoms with van der Waals surface area (Å²) in [6.45, 7) is 8.07. The average molecular weight is 256 g/mol. The number of aryl methyl sites for hydroxylation is 3. The summed E-state index contributed by atoms with van der Waals surface area (Å²) < 4.78 is 2.02. The summed E-state index contributed by atoms with van der Waals surface area (Å²) in [5.41, 5.74) is 6.05. The summed E-state index contributed by atoms with van der Waals surface area (Å²) in [5, 5.41) is 2.96. The quantitative estimate of drug-likeness (QED) is 0.876. The number of benzene rings is 1. The van der Waals surface area contributed by atoms with Crippen molar-refractivity contribution in [2.75, 3.05) is 5.32 Å².